The molecule has 6 heteroatoms. The zero-order chi connectivity index (χ0) is 10.0. The van der Waals surface area contributed by atoms with Crippen LogP contribution in [0.2, 0.25) is 0 Å². The lowest BCUT2D eigenvalue weighted by molar-refractivity contribution is -0.0670. The van der Waals surface area contributed by atoms with E-state index in [1.165, 1.54) is 0 Å². The van der Waals surface area contributed by atoms with E-state index < -0.39 is 18.5 Å². The second kappa shape index (κ2) is 3.91. The molecule has 0 radical (unpaired) electrons. The van der Waals surface area contributed by atoms with Crippen molar-refractivity contribution < 1.29 is 20.1 Å². The standard InChI is InChI=1S/C7H14N2O4/c1-2-8-5(11)6(12)9(3-4-10)7(8)13/h5-6,10-12H,2-4H2,1H3. The van der Waals surface area contributed by atoms with Crippen LogP contribution in [0.5, 0.6) is 0 Å². The van der Waals surface area contributed by atoms with Gasteiger partial charge in [0.1, 0.15) is 0 Å². The van der Waals surface area contributed by atoms with Crippen LogP contribution in [0.15, 0.2) is 0 Å². The Labute approximate surface area is 76.0 Å². The van der Waals surface area contributed by atoms with Gasteiger partial charge in [0.25, 0.3) is 0 Å². The second-order valence-electron chi connectivity index (χ2n) is 2.81. The van der Waals surface area contributed by atoms with Crippen molar-refractivity contribution in [1.29, 1.82) is 0 Å². The first-order valence-corrected chi connectivity index (χ1v) is 4.17. The van der Waals surface area contributed by atoms with Crippen molar-refractivity contribution in [1.82, 2.24) is 9.80 Å². The van der Waals surface area contributed by atoms with Gasteiger partial charge >= 0.3 is 6.03 Å². The minimum Gasteiger partial charge on any atom is -0.395 e. The molecule has 1 heterocycles. The molecule has 1 rings (SSSR count). The highest BCUT2D eigenvalue weighted by molar-refractivity contribution is 5.77. The van der Waals surface area contributed by atoms with Gasteiger partial charge in [0.2, 0.25) is 0 Å². The van der Waals surface area contributed by atoms with Crippen molar-refractivity contribution in [3.05, 3.63) is 0 Å². The Morgan fingerprint density at radius 1 is 1.31 bits per heavy atom. The Bertz CT molecular complexity index is 199. The van der Waals surface area contributed by atoms with Gasteiger partial charge < -0.3 is 15.3 Å². The Kier molecular flexibility index (Phi) is 3.07. The smallest absolute Gasteiger partial charge is 0.324 e. The minimum atomic E-state index is -1.24. The molecule has 13 heavy (non-hydrogen) atoms. The quantitative estimate of drug-likeness (QED) is 0.499. The van der Waals surface area contributed by atoms with Gasteiger partial charge in [-0.3, -0.25) is 9.80 Å². The fourth-order valence-electron chi connectivity index (χ4n) is 1.37. The average molecular weight is 190 g/mol. The van der Waals surface area contributed by atoms with Crippen LogP contribution >= 0.6 is 0 Å². The molecule has 2 amide bonds. The average Bonchev–Trinajstić information content (AvgIpc) is 2.31. The third-order valence-electron chi connectivity index (χ3n) is 2.08. The maximum Gasteiger partial charge on any atom is 0.324 e. The molecule has 0 aromatic carbocycles. The topological polar surface area (TPSA) is 84.2 Å². The minimum absolute atomic E-state index is 0.0353. The van der Waals surface area contributed by atoms with Crippen LogP contribution in [0, 0.1) is 0 Å². The Hall–Kier alpha value is -0.850. The summed E-state index contributed by atoms with van der Waals surface area (Å²) in [6.45, 7) is 1.84. The molecule has 6 nitrogen and oxygen atoms in total. The van der Waals surface area contributed by atoms with Gasteiger partial charge in [-0.15, -0.1) is 0 Å². The summed E-state index contributed by atoms with van der Waals surface area (Å²) in [5.41, 5.74) is 0. The Balaban J connectivity index is 2.72. The van der Waals surface area contributed by atoms with Gasteiger partial charge in [0.15, 0.2) is 12.5 Å². The molecule has 0 bridgehead atoms. The van der Waals surface area contributed by atoms with Crippen LogP contribution < -0.4 is 0 Å². The molecule has 0 aliphatic carbocycles. The Morgan fingerprint density at radius 2 is 1.85 bits per heavy atom. The van der Waals surface area contributed by atoms with E-state index in [9.17, 15) is 15.0 Å². The molecule has 3 N–H and O–H groups in total. The molecule has 0 saturated carbocycles. The van der Waals surface area contributed by atoms with Crippen molar-refractivity contribution >= 4 is 6.03 Å². The van der Waals surface area contributed by atoms with E-state index in [2.05, 4.69) is 0 Å². The van der Waals surface area contributed by atoms with Gasteiger partial charge in [-0.2, -0.15) is 0 Å². The van der Waals surface area contributed by atoms with Crippen molar-refractivity contribution in [3.63, 3.8) is 0 Å². The van der Waals surface area contributed by atoms with Crippen molar-refractivity contribution in [3.8, 4) is 0 Å². The largest absolute Gasteiger partial charge is 0.395 e. The number of carbonyl (C=O) groups excluding carboxylic acids is 1. The maximum absolute atomic E-state index is 11.4. The molecule has 1 aliphatic rings. The highest BCUT2D eigenvalue weighted by Crippen LogP contribution is 2.18. The fourth-order valence-corrected chi connectivity index (χ4v) is 1.37. The van der Waals surface area contributed by atoms with Crippen LogP contribution in [-0.2, 0) is 0 Å². The van der Waals surface area contributed by atoms with Crippen LogP contribution in [0.4, 0.5) is 4.79 Å². The molecular weight excluding hydrogens is 176 g/mol. The van der Waals surface area contributed by atoms with Gasteiger partial charge in [0.05, 0.1) is 6.61 Å². The predicted octanol–water partition coefficient (Wildman–Crippen LogP) is -1.63. The first kappa shape index (κ1) is 10.2. The second-order valence-corrected chi connectivity index (χ2v) is 2.81. The van der Waals surface area contributed by atoms with Crippen molar-refractivity contribution in [2.75, 3.05) is 19.7 Å². The van der Waals surface area contributed by atoms with Crippen molar-refractivity contribution in [2.24, 2.45) is 0 Å². The summed E-state index contributed by atoms with van der Waals surface area (Å²) < 4.78 is 0. The first-order chi connectivity index (χ1) is 6.13. The molecule has 76 valence electrons. The van der Waals surface area contributed by atoms with E-state index in [-0.39, 0.29) is 13.2 Å². The molecule has 0 aromatic rings. The van der Waals surface area contributed by atoms with Gasteiger partial charge in [-0.1, -0.05) is 0 Å². The number of rotatable bonds is 3. The third kappa shape index (κ3) is 1.60. The molecular formula is C7H14N2O4. The number of β-amino-alcohol motifs (C(OH)–C–C–N with tert-alkyl or cyclic N) is 1. The fraction of sp³-hybridized carbons (Fsp3) is 0.857. The molecule has 0 aromatic heterocycles. The number of urea groups is 1. The molecule has 1 fully saturated rings. The number of hydrogen-bond acceptors (Lipinski definition) is 4. The highest BCUT2D eigenvalue weighted by atomic mass is 16.4. The van der Waals surface area contributed by atoms with Crippen LogP contribution in [0.1, 0.15) is 6.92 Å². The van der Waals surface area contributed by atoms with Gasteiger partial charge in [-0.05, 0) is 6.92 Å². The van der Waals surface area contributed by atoms with Gasteiger partial charge in [0, 0.05) is 13.1 Å². The van der Waals surface area contributed by atoms with Gasteiger partial charge in [-0.25, -0.2) is 4.79 Å². The third-order valence-corrected chi connectivity index (χ3v) is 2.08. The summed E-state index contributed by atoms with van der Waals surface area (Å²) in [5.74, 6) is 0. The van der Waals surface area contributed by atoms with Crippen LogP contribution in [0.3, 0.4) is 0 Å². The highest BCUT2D eigenvalue weighted by Gasteiger charge is 2.42. The lowest BCUT2D eigenvalue weighted by Crippen LogP contribution is -2.38. The molecule has 1 saturated heterocycles. The predicted molar refractivity (Wildman–Crippen MR) is 43.6 cm³/mol. The van der Waals surface area contributed by atoms with Crippen LogP contribution in [0.25, 0.3) is 0 Å². The van der Waals surface area contributed by atoms with Crippen molar-refractivity contribution in [2.45, 2.75) is 19.4 Å². The number of hydrogen-bond donors (Lipinski definition) is 3. The zero-order valence-corrected chi connectivity index (χ0v) is 7.42. The maximum atomic E-state index is 11.4. The van der Waals surface area contributed by atoms with E-state index in [1.807, 2.05) is 0 Å². The molecule has 2 atom stereocenters. The summed E-state index contributed by atoms with van der Waals surface area (Å²) in [5, 5.41) is 27.3. The first-order valence-electron chi connectivity index (χ1n) is 4.17. The summed E-state index contributed by atoms with van der Waals surface area (Å²) in [4.78, 5) is 13.5. The number of carbonyl (C=O) groups is 1. The van der Waals surface area contributed by atoms with E-state index in [0.717, 1.165) is 9.80 Å². The van der Waals surface area contributed by atoms with E-state index in [4.69, 9.17) is 5.11 Å². The monoisotopic (exact) mass is 190 g/mol. The molecule has 0 spiro atoms. The normalized spacial score (nSPS) is 28.8. The summed E-state index contributed by atoms with van der Waals surface area (Å²) in [7, 11) is 0. The zero-order valence-electron chi connectivity index (χ0n) is 7.42. The van der Waals surface area contributed by atoms with E-state index >= 15 is 0 Å². The number of likely N-dealkylation sites (N-methyl/N-ethyl adjacent to an activating group) is 1. The van der Waals surface area contributed by atoms with Crippen LogP contribution in [-0.4, -0.2) is 63.3 Å². The number of nitrogens with zero attached hydrogens (tertiary/aromatic N) is 2. The lowest BCUT2D eigenvalue weighted by atomic mass is 10.4. The van der Waals surface area contributed by atoms with E-state index in [0.29, 0.717) is 6.54 Å². The SMILES string of the molecule is CCN1C(=O)N(CCO)C(O)C1O. The number of amides is 2. The number of aliphatic hydroxyl groups is 3. The molecule has 1 aliphatic heterocycles. The summed E-state index contributed by atoms with van der Waals surface area (Å²) in [6.07, 6.45) is -2.43. The van der Waals surface area contributed by atoms with E-state index in [1.54, 1.807) is 6.92 Å². The number of aliphatic hydroxyl groups excluding tert-OH is 3. The Morgan fingerprint density at radius 3 is 2.23 bits per heavy atom. The lowest BCUT2D eigenvalue weighted by Gasteiger charge is -2.17. The summed E-state index contributed by atoms with van der Waals surface area (Å²) in [6, 6.07) is -0.448. The molecule has 2 unspecified atom stereocenters. The summed E-state index contributed by atoms with van der Waals surface area (Å²) >= 11 is 0.